The van der Waals surface area contributed by atoms with Gasteiger partial charge in [-0.1, -0.05) is 23.8 Å². The van der Waals surface area contributed by atoms with Crippen molar-refractivity contribution in [3.8, 4) is 17.2 Å². The minimum atomic E-state index is -0.351. The maximum Gasteiger partial charge on any atom is 0.270 e. The highest BCUT2D eigenvalue weighted by atomic mass is 16.5. The van der Waals surface area contributed by atoms with Gasteiger partial charge in [0.15, 0.2) is 6.61 Å². The molecule has 0 saturated carbocycles. The topological polar surface area (TPSA) is 77.2 Å². The first-order valence-corrected chi connectivity index (χ1v) is 7.91. The first-order chi connectivity index (χ1) is 12.0. The zero-order valence-electron chi connectivity index (χ0n) is 14.4. The molecular formula is C19H19N3O3. The zero-order valence-corrected chi connectivity index (χ0v) is 14.4. The molecule has 0 bridgehead atoms. The van der Waals surface area contributed by atoms with Gasteiger partial charge in [0.1, 0.15) is 5.75 Å². The molecule has 6 nitrogen and oxygen atoms in total. The molecule has 6 heteroatoms. The van der Waals surface area contributed by atoms with E-state index in [2.05, 4.69) is 15.5 Å². The number of carbonyl (C=O) groups is 1. The van der Waals surface area contributed by atoms with Crippen LogP contribution < -0.4 is 10.1 Å². The number of hydrogen-bond acceptors (Lipinski definition) is 5. The Labute approximate surface area is 145 Å². The third-order valence-corrected chi connectivity index (χ3v) is 3.54. The normalized spacial score (nSPS) is 10.5. The van der Waals surface area contributed by atoms with Gasteiger partial charge in [0.2, 0.25) is 0 Å². The summed E-state index contributed by atoms with van der Waals surface area (Å²) in [6.07, 6.45) is 0. The summed E-state index contributed by atoms with van der Waals surface area (Å²) in [6.45, 7) is 5.83. The molecule has 128 valence electrons. The van der Waals surface area contributed by atoms with Crippen molar-refractivity contribution in [2.45, 2.75) is 20.8 Å². The van der Waals surface area contributed by atoms with E-state index in [1.807, 2.05) is 63.2 Å². The third kappa shape index (κ3) is 4.44. The van der Waals surface area contributed by atoms with Crippen molar-refractivity contribution >= 4 is 11.9 Å². The van der Waals surface area contributed by atoms with Crippen LogP contribution in [0.2, 0.25) is 0 Å². The van der Waals surface area contributed by atoms with Gasteiger partial charge < -0.3 is 9.26 Å². The fourth-order valence-electron chi connectivity index (χ4n) is 2.41. The zero-order chi connectivity index (χ0) is 17.8. The highest BCUT2D eigenvalue weighted by Gasteiger charge is 2.12. The predicted molar refractivity (Wildman–Crippen MR) is 94.5 cm³/mol. The molecule has 0 aliphatic heterocycles. The number of carbonyl (C=O) groups excluding carboxylic acids is 1. The lowest BCUT2D eigenvalue weighted by Crippen LogP contribution is -2.20. The Hall–Kier alpha value is -3.15. The standard InChI is InChI=1S/C19H19N3O3/c1-12-4-6-15(7-5-12)18-21-19(22-25-18)20-17(23)11-24-16-9-13(2)8-14(3)10-16/h4-10H,11H2,1-3H3,(H,20,22,23). The lowest BCUT2D eigenvalue weighted by Gasteiger charge is -2.07. The molecule has 0 aliphatic carbocycles. The average molecular weight is 337 g/mol. The molecule has 0 saturated heterocycles. The molecule has 1 aromatic heterocycles. The molecule has 1 heterocycles. The summed E-state index contributed by atoms with van der Waals surface area (Å²) in [7, 11) is 0. The van der Waals surface area contributed by atoms with Gasteiger partial charge in [-0.25, -0.2) is 0 Å². The molecule has 0 radical (unpaired) electrons. The molecule has 0 spiro atoms. The van der Waals surface area contributed by atoms with E-state index in [0.29, 0.717) is 11.6 Å². The summed E-state index contributed by atoms with van der Waals surface area (Å²) in [5, 5.41) is 6.33. The summed E-state index contributed by atoms with van der Waals surface area (Å²) in [4.78, 5) is 16.2. The van der Waals surface area contributed by atoms with Gasteiger partial charge in [0, 0.05) is 5.56 Å². The Morgan fingerprint density at radius 3 is 2.40 bits per heavy atom. The largest absolute Gasteiger partial charge is 0.484 e. The lowest BCUT2D eigenvalue weighted by atomic mass is 10.1. The molecule has 0 fully saturated rings. The molecule has 0 atom stereocenters. The van der Waals surface area contributed by atoms with Crippen molar-refractivity contribution in [2.24, 2.45) is 0 Å². The number of amides is 1. The summed E-state index contributed by atoms with van der Waals surface area (Å²) in [6, 6.07) is 13.5. The third-order valence-electron chi connectivity index (χ3n) is 3.54. The highest BCUT2D eigenvalue weighted by Crippen LogP contribution is 2.19. The van der Waals surface area contributed by atoms with Crippen molar-refractivity contribution in [1.29, 1.82) is 0 Å². The van der Waals surface area contributed by atoms with Crippen LogP contribution in [0.5, 0.6) is 5.75 Å². The molecule has 3 rings (SSSR count). The second-order valence-electron chi connectivity index (χ2n) is 5.95. The van der Waals surface area contributed by atoms with Crippen LogP contribution in [0.4, 0.5) is 5.95 Å². The molecule has 0 aliphatic rings. The number of hydrogen-bond donors (Lipinski definition) is 1. The second-order valence-corrected chi connectivity index (χ2v) is 5.95. The van der Waals surface area contributed by atoms with Gasteiger partial charge in [-0.15, -0.1) is 0 Å². The van der Waals surface area contributed by atoms with E-state index in [0.717, 1.165) is 22.3 Å². The smallest absolute Gasteiger partial charge is 0.270 e. The molecule has 2 aromatic carbocycles. The fraction of sp³-hybridized carbons (Fsp3) is 0.211. The van der Waals surface area contributed by atoms with E-state index in [1.165, 1.54) is 0 Å². The quantitative estimate of drug-likeness (QED) is 0.768. The Bertz CT molecular complexity index is 865. The van der Waals surface area contributed by atoms with Gasteiger partial charge in [-0.05, 0) is 61.3 Å². The second kappa shape index (κ2) is 7.17. The lowest BCUT2D eigenvalue weighted by molar-refractivity contribution is -0.118. The van der Waals surface area contributed by atoms with Crippen LogP contribution in [-0.4, -0.2) is 22.7 Å². The number of rotatable bonds is 5. The Morgan fingerprint density at radius 2 is 1.72 bits per heavy atom. The van der Waals surface area contributed by atoms with E-state index in [4.69, 9.17) is 9.26 Å². The van der Waals surface area contributed by atoms with Crippen LogP contribution in [0.3, 0.4) is 0 Å². The van der Waals surface area contributed by atoms with Crippen molar-refractivity contribution in [3.63, 3.8) is 0 Å². The Morgan fingerprint density at radius 1 is 1.04 bits per heavy atom. The summed E-state index contributed by atoms with van der Waals surface area (Å²) in [5.41, 5.74) is 4.10. The summed E-state index contributed by atoms with van der Waals surface area (Å²) in [5.74, 6) is 0.770. The van der Waals surface area contributed by atoms with Crippen LogP contribution in [0.1, 0.15) is 16.7 Å². The molecular weight excluding hydrogens is 318 g/mol. The SMILES string of the molecule is Cc1ccc(-c2nc(NC(=O)COc3cc(C)cc(C)c3)no2)cc1. The first-order valence-electron chi connectivity index (χ1n) is 7.91. The minimum Gasteiger partial charge on any atom is -0.484 e. The molecule has 0 unspecified atom stereocenters. The number of ether oxygens (including phenoxy) is 1. The maximum absolute atomic E-state index is 12.0. The molecule has 1 amide bonds. The maximum atomic E-state index is 12.0. The van der Waals surface area contributed by atoms with E-state index in [9.17, 15) is 4.79 Å². The van der Waals surface area contributed by atoms with Crippen LogP contribution >= 0.6 is 0 Å². The minimum absolute atomic E-state index is 0.115. The number of nitrogens with one attached hydrogen (secondary N) is 1. The molecule has 1 N–H and O–H groups in total. The fourth-order valence-corrected chi connectivity index (χ4v) is 2.41. The molecule has 3 aromatic rings. The average Bonchev–Trinajstić information content (AvgIpc) is 3.01. The van der Waals surface area contributed by atoms with Crippen LogP contribution in [0.25, 0.3) is 11.5 Å². The monoisotopic (exact) mass is 337 g/mol. The number of aryl methyl sites for hydroxylation is 3. The van der Waals surface area contributed by atoms with Crippen molar-refractivity contribution in [3.05, 3.63) is 59.2 Å². The van der Waals surface area contributed by atoms with E-state index in [1.54, 1.807) is 0 Å². The first kappa shape index (κ1) is 16.7. The van der Waals surface area contributed by atoms with Gasteiger partial charge >= 0.3 is 0 Å². The molecule has 25 heavy (non-hydrogen) atoms. The van der Waals surface area contributed by atoms with Crippen LogP contribution in [0.15, 0.2) is 47.0 Å². The Balaban J connectivity index is 1.59. The van der Waals surface area contributed by atoms with Crippen molar-refractivity contribution < 1.29 is 14.1 Å². The number of anilines is 1. The van der Waals surface area contributed by atoms with Gasteiger partial charge in [-0.3, -0.25) is 10.1 Å². The summed E-state index contributed by atoms with van der Waals surface area (Å²) >= 11 is 0. The van der Waals surface area contributed by atoms with E-state index in [-0.39, 0.29) is 18.5 Å². The highest BCUT2D eigenvalue weighted by molar-refractivity contribution is 5.90. The number of aromatic nitrogens is 2. The number of nitrogens with zero attached hydrogens (tertiary/aromatic N) is 2. The van der Waals surface area contributed by atoms with Gasteiger partial charge in [0.05, 0.1) is 0 Å². The van der Waals surface area contributed by atoms with Crippen molar-refractivity contribution in [1.82, 2.24) is 10.1 Å². The van der Waals surface area contributed by atoms with E-state index < -0.39 is 0 Å². The number of benzene rings is 2. The van der Waals surface area contributed by atoms with Gasteiger partial charge in [0.25, 0.3) is 17.7 Å². The predicted octanol–water partition coefficient (Wildman–Crippen LogP) is 3.68. The Kier molecular flexibility index (Phi) is 4.79. The summed E-state index contributed by atoms with van der Waals surface area (Å²) < 4.78 is 10.7. The van der Waals surface area contributed by atoms with E-state index >= 15 is 0 Å². The van der Waals surface area contributed by atoms with Crippen LogP contribution in [0, 0.1) is 20.8 Å². The van der Waals surface area contributed by atoms with Crippen LogP contribution in [-0.2, 0) is 4.79 Å². The van der Waals surface area contributed by atoms with Crippen molar-refractivity contribution in [2.75, 3.05) is 11.9 Å². The van der Waals surface area contributed by atoms with Gasteiger partial charge in [-0.2, -0.15) is 4.98 Å².